The van der Waals surface area contributed by atoms with Gasteiger partial charge in [-0.1, -0.05) is 35.5 Å². The highest BCUT2D eigenvalue weighted by molar-refractivity contribution is 7.98. The number of carbonyl (C=O) groups is 1. The zero-order chi connectivity index (χ0) is 15.2. The number of amides is 1. The van der Waals surface area contributed by atoms with Crippen LogP contribution in [-0.2, 0) is 5.75 Å². The van der Waals surface area contributed by atoms with Gasteiger partial charge in [0.15, 0.2) is 5.82 Å². The molecule has 1 aromatic heterocycles. The van der Waals surface area contributed by atoms with E-state index in [-0.39, 0.29) is 5.91 Å². The zero-order valence-corrected chi connectivity index (χ0v) is 12.4. The van der Waals surface area contributed by atoms with Gasteiger partial charge in [0.2, 0.25) is 6.39 Å². The monoisotopic (exact) mass is 311 g/mol. The van der Waals surface area contributed by atoms with Gasteiger partial charge in [-0.05, 0) is 24.3 Å². The van der Waals surface area contributed by atoms with Gasteiger partial charge in [0.05, 0.1) is 11.4 Å². The van der Waals surface area contributed by atoms with Crippen LogP contribution in [-0.4, -0.2) is 16.0 Å². The predicted molar refractivity (Wildman–Crippen MR) is 84.7 cm³/mol. The highest BCUT2D eigenvalue weighted by Gasteiger charge is 2.09. The maximum Gasteiger partial charge on any atom is 0.255 e. The molecule has 0 saturated heterocycles. The maximum atomic E-state index is 12.2. The van der Waals surface area contributed by atoms with Gasteiger partial charge in [-0.25, -0.2) is 0 Å². The Hall–Kier alpha value is -2.60. The predicted octanol–water partition coefficient (Wildman–Crippen LogP) is 3.61. The largest absolute Gasteiger partial charge is 0.343 e. The summed E-state index contributed by atoms with van der Waals surface area (Å²) in [4.78, 5) is 17.2. The average Bonchev–Trinajstić information content (AvgIpc) is 3.08. The molecular formula is C16H13N3O2S. The molecule has 0 aliphatic heterocycles. The summed E-state index contributed by atoms with van der Waals surface area (Å²) < 4.78 is 4.71. The number of carbonyl (C=O) groups excluding carboxylic acids is 1. The number of aromatic nitrogens is 2. The Bertz CT molecular complexity index is 745. The molecule has 1 heterocycles. The topological polar surface area (TPSA) is 68.0 Å². The second-order valence-electron chi connectivity index (χ2n) is 4.45. The van der Waals surface area contributed by atoms with Crippen molar-refractivity contribution >= 4 is 23.4 Å². The van der Waals surface area contributed by atoms with Gasteiger partial charge in [0.1, 0.15) is 0 Å². The number of benzene rings is 2. The molecule has 0 atom stereocenters. The number of nitrogens with zero attached hydrogens (tertiary/aromatic N) is 2. The van der Waals surface area contributed by atoms with Crippen LogP contribution in [0.4, 0.5) is 5.69 Å². The Morgan fingerprint density at radius 1 is 1.09 bits per heavy atom. The van der Waals surface area contributed by atoms with E-state index in [1.54, 1.807) is 23.9 Å². The molecule has 3 rings (SSSR count). The summed E-state index contributed by atoms with van der Waals surface area (Å²) in [5.74, 6) is 1.07. The van der Waals surface area contributed by atoms with Crippen LogP contribution >= 0.6 is 11.8 Å². The molecule has 0 saturated carbocycles. The second-order valence-corrected chi connectivity index (χ2v) is 5.47. The van der Waals surface area contributed by atoms with Crippen LogP contribution in [0, 0.1) is 0 Å². The van der Waals surface area contributed by atoms with Gasteiger partial charge in [-0.2, -0.15) is 4.98 Å². The van der Waals surface area contributed by atoms with Crippen LogP contribution in [0.1, 0.15) is 16.2 Å². The number of para-hydroxylation sites is 1. The quantitative estimate of drug-likeness (QED) is 0.729. The Morgan fingerprint density at radius 3 is 2.64 bits per heavy atom. The third kappa shape index (κ3) is 3.53. The summed E-state index contributed by atoms with van der Waals surface area (Å²) in [6, 6.07) is 16.8. The minimum Gasteiger partial charge on any atom is -0.343 e. The number of anilines is 1. The molecule has 0 aliphatic carbocycles. The first-order valence-electron chi connectivity index (χ1n) is 6.66. The Balaban J connectivity index is 1.72. The molecule has 2 aromatic carbocycles. The molecule has 1 amide bonds. The van der Waals surface area contributed by atoms with Crippen molar-refractivity contribution in [2.75, 3.05) is 5.32 Å². The molecule has 3 aromatic rings. The SMILES string of the molecule is O=C(Nc1ccccc1SCc1ncon1)c1ccccc1. The van der Waals surface area contributed by atoms with Gasteiger partial charge < -0.3 is 9.84 Å². The zero-order valence-electron chi connectivity index (χ0n) is 11.6. The van der Waals surface area contributed by atoms with Crippen molar-refractivity contribution in [3.05, 3.63) is 72.4 Å². The maximum absolute atomic E-state index is 12.2. The first-order valence-corrected chi connectivity index (χ1v) is 7.65. The van der Waals surface area contributed by atoms with Crippen LogP contribution in [0.2, 0.25) is 0 Å². The van der Waals surface area contributed by atoms with Crippen molar-refractivity contribution in [1.29, 1.82) is 0 Å². The van der Waals surface area contributed by atoms with Crippen LogP contribution < -0.4 is 5.32 Å². The van der Waals surface area contributed by atoms with Gasteiger partial charge in [0, 0.05) is 10.5 Å². The number of thioether (sulfide) groups is 1. The first-order chi connectivity index (χ1) is 10.8. The third-order valence-corrected chi connectivity index (χ3v) is 4.00. The highest BCUT2D eigenvalue weighted by atomic mass is 32.2. The van der Waals surface area contributed by atoms with E-state index in [9.17, 15) is 4.79 Å². The fourth-order valence-corrected chi connectivity index (χ4v) is 2.74. The van der Waals surface area contributed by atoms with Crippen LogP contribution in [0.25, 0.3) is 0 Å². The normalized spacial score (nSPS) is 10.4. The molecule has 0 bridgehead atoms. The number of hydrogen-bond donors (Lipinski definition) is 1. The van der Waals surface area contributed by atoms with E-state index in [1.165, 1.54) is 6.39 Å². The molecule has 1 N–H and O–H groups in total. The van der Waals surface area contributed by atoms with Crippen LogP contribution in [0.3, 0.4) is 0 Å². The molecule has 0 unspecified atom stereocenters. The van der Waals surface area contributed by atoms with E-state index < -0.39 is 0 Å². The third-order valence-electron chi connectivity index (χ3n) is 2.93. The van der Waals surface area contributed by atoms with E-state index in [2.05, 4.69) is 15.5 Å². The Kier molecular flexibility index (Phi) is 4.50. The van der Waals surface area contributed by atoms with Gasteiger partial charge in [-0.3, -0.25) is 4.79 Å². The lowest BCUT2D eigenvalue weighted by Gasteiger charge is -2.10. The smallest absolute Gasteiger partial charge is 0.255 e. The van der Waals surface area contributed by atoms with E-state index in [0.29, 0.717) is 17.1 Å². The summed E-state index contributed by atoms with van der Waals surface area (Å²) in [6.45, 7) is 0. The molecule has 0 radical (unpaired) electrons. The Labute approximate surface area is 131 Å². The van der Waals surface area contributed by atoms with E-state index in [4.69, 9.17) is 4.52 Å². The minimum absolute atomic E-state index is 0.131. The van der Waals surface area contributed by atoms with Crippen molar-refractivity contribution in [3.8, 4) is 0 Å². The molecule has 6 heteroatoms. The van der Waals surface area contributed by atoms with E-state index >= 15 is 0 Å². The van der Waals surface area contributed by atoms with Crippen molar-refractivity contribution in [2.24, 2.45) is 0 Å². The van der Waals surface area contributed by atoms with Gasteiger partial charge in [-0.15, -0.1) is 11.8 Å². The van der Waals surface area contributed by atoms with Crippen molar-refractivity contribution in [2.45, 2.75) is 10.6 Å². The van der Waals surface area contributed by atoms with Gasteiger partial charge >= 0.3 is 0 Å². The molecule has 22 heavy (non-hydrogen) atoms. The molecule has 0 spiro atoms. The molecule has 5 nitrogen and oxygen atoms in total. The fraction of sp³-hybridized carbons (Fsp3) is 0.0625. The van der Waals surface area contributed by atoms with Crippen molar-refractivity contribution in [3.63, 3.8) is 0 Å². The second kappa shape index (κ2) is 6.91. The standard InChI is InChI=1S/C16H13N3O2S/c20-16(12-6-2-1-3-7-12)18-13-8-4-5-9-14(13)22-10-15-17-11-21-19-15/h1-9,11H,10H2,(H,18,20). The van der Waals surface area contributed by atoms with Crippen LogP contribution in [0.15, 0.2) is 70.4 Å². The summed E-state index contributed by atoms with van der Waals surface area (Å²) in [5, 5.41) is 6.71. The summed E-state index contributed by atoms with van der Waals surface area (Å²) in [7, 11) is 0. The lowest BCUT2D eigenvalue weighted by Crippen LogP contribution is -2.12. The van der Waals surface area contributed by atoms with E-state index in [0.717, 1.165) is 10.6 Å². The minimum atomic E-state index is -0.131. The molecular weight excluding hydrogens is 298 g/mol. The number of nitrogens with one attached hydrogen (secondary N) is 1. The Morgan fingerprint density at radius 2 is 1.86 bits per heavy atom. The number of rotatable bonds is 5. The lowest BCUT2D eigenvalue weighted by molar-refractivity contribution is 0.102. The van der Waals surface area contributed by atoms with Crippen molar-refractivity contribution in [1.82, 2.24) is 10.1 Å². The molecule has 0 fully saturated rings. The lowest BCUT2D eigenvalue weighted by atomic mass is 10.2. The fourth-order valence-electron chi connectivity index (χ4n) is 1.88. The molecule has 110 valence electrons. The van der Waals surface area contributed by atoms with Crippen molar-refractivity contribution < 1.29 is 9.32 Å². The number of hydrogen-bond acceptors (Lipinski definition) is 5. The van der Waals surface area contributed by atoms with Gasteiger partial charge in [0.25, 0.3) is 5.91 Å². The average molecular weight is 311 g/mol. The molecule has 0 aliphatic rings. The summed E-state index contributed by atoms with van der Waals surface area (Å²) in [5.41, 5.74) is 1.39. The first kappa shape index (κ1) is 14.3. The summed E-state index contributed by atoms with van der Waals surface area (Å²) in [6.07, 6.45) is 1.30. The van der Waals surface area contributed by atoms with Crippen LogP contribution in [0.5, 0.6) is 0 Å². The summed E-state index contributed by atoms with van der Waals surface area (Å²) >= 11 is 1.54. The van der Waals surface area contributed by atoms with E-state index in [1.807, 2.05) is 42.5 Å². The highest BCUT2D eigenvalue weighted by Crippen LogP contribution is 2.29.